The van der Waals surface area contributed by atoms with Crippen molar-refractivity contribution in [3.8, 4) is 0 Å². The Labute approximate surface area is 111 Å². The predicted molar refractivity (Wildman–Crippen MR) is 77.5 cm³/mol. The molecular formula is C16H25NO. The summed E-state index contributed by atoms with van der Waals surface area (Å²) >= 11 is 0. The summed E-state index contributed by atoms with van der Waals surface area (Å²) in [5, 5.41) is 0. The fourth-order valence-electron chi connectivity index (χ4n) is 2.54. The second-order valence-electron chi connectivity index (χ2n) is 6.29. The Hall–Kier alpha value is -1.02. The van der Waals surface area contributed by atoms with Gasteiger partial charge in [-0.15, -0.1) is 0 Å². The molecule has 1 fully saturated rings. The van der Waals surface area contributed by atoms with Crippen LogP contribution in [-0.4, -0.2) is 25.3 Å². The lowest BCUT2D eigenvalue weighted by atomic mass is 9.99. The first-order valence-corrected chi connectivity index (χ1v) is 6.88. The minimum absolute atomic E-state index is 0.0417. The molecule has 0 radical (unpaired) electrons. The van der Waals surface area contributed by atoms with Crippen LogP contribution in [-0.2, 0) is 4.74 Å². The second kappa shape index (κ2) is 4.93. The van der Waals surface area contributed by atoms with Gasteiger partial charge in [0, 0.05) is 18.8 Å². The van der Waals surface area contributed by atoms with Crippen molar-refractivity contribution >= 4 is 5.69 Å². The smallest absolute Gasteiger partial charge is 0.0801 e. The third-order valence-corrected chi connectivity index (χ3v) is 3.54. The number of hydrogen-bond acceptors (Lipinski definition) is 2. The molecule has 1 aromatic carbocycles. The Kier molecular flexibility index (Phi) is 3.67. The van der Waals surface area contributed by atoms with Crippen LogP contribution in [0, 0.1) is 6.92 Å². The number of aryl methyl sites for hydroxylation is 1. The molecule has 0 amide bonds. The van der Waals surface area contributed by atoms with Crippen LogP contribution in [0.5, 0.6) is 0 Å². The molecule has 2 heteroatoms. The second-order valence-corrected chi connectivity index (χ2v) is 6.29. The molecule has 0 bridgehead atoms. The Morgan fingerprint density at radius 2 is 1.94 bits per heavy atom. The van der Waals surface area contributed by atoms with Gasteiger partial charge in [-0.1, -0.05) is 19.9 Å². The van der Waals surface area contributed by atoms with Crippen LogP contribution in [0.1, 0.15) is 44.7 Å². The molecular weight excluding hydrogens is 222 g/mol. The van der Waals surface area contributed by atoms with Crippen molar-refractivity contribution in [2.45, 2.75) is 46.1 Å². The Morgan fingerprint density at radius 3 is 2.56 bits per heavy atom. The Morgan fingerprint density at radius 1 is 1.22 bits per heavy atom. The summed E-state index contributed by atoms with van der Waals surface area (Å²) < 4.78 is 5.78. The molecule has 1 heterocycles. The van der Waals surface area contributed by atoms with E-state index in [-0.39, 0.29) is 5.60 Å². The van der Waals surface area contributed by atoms with E-state index in [9.17, 15) is 0 Å². The molecule has 2 rings (SSSR count). The zero-order valence-corrected chi connectivity index (χ0v) is 12.3. The van der Waals surface area contributed by atoms with Gasteiger partial charge in [-0.25, -0.2) is 0 Å². The monoisotopic (exact) mass is 247 g/mol. The average Bonchev–Trinajstić information content (AvgIpc) is 2.26. The van der Waals surface area contributed by atoms with Crippen LogP contribution in [0.2, 0.25) is 0 Å². The molecule has 1 saturated heterocycles. The topological polar surface area (TPSA) is 12.5 Å². The van der Waals surface area contributed by atoms with Crippen molar-refractivity contribution in [3.05, 3.63) is 29.3 Å². The van der Waals surface area contributed by atoms with E-state index in [4.69, 9.17) is 4.74 Å². The van der Waals surface area contributed by atoms with Crippen LogP contribution in [0.4, 0.5) is 5.69 Å². The maximum absolute atomic E-state index is 5.78. The van der Waals surface area contributed by atoms with E-state index in [1.54, 1.807) is 0 Å². The van der Waals surface area contributed by atoms with Gasteiger partial charge >= 0.3 is 0 Å². The van der Waals surface area contributed by atoms with E-state index >= 15 is 0 Å². The van der Waals surface area contributed by atoms with E-state index in [1.807, 2.05) is 0 Å². The molecule has 1 aliphatic rings. The van der Waals surface area contributed by atoms with Crippen LogP contribution < -0.4 is 4.90 Å². The molecule has 2 nitrogen and oxygen atoms in total. The lowest BCUT2D eigenvalue weighted by Crippen LogP contribution is -2.48. The van der Waals surface area contributed by atoms with Gasteiger partial charge in [-0.2, -0.15) is 0 Å². The van der Waals surface area contributed by atoms with Crippen molar-refractivity contribution in [1.82, 2.24) is 0 Å². The lowest BCUT2D eigenvalue weighted by Gasteiger charge is -2.39. The number of ether oxygens (including phenoxy) is 1. The fraction of sp³-hybridized carbons (Fsp3) is 0.625. The summed E-state index contributed by atoms with van der Waals surface area (Å²) in [4.78, 5) is 2.45. The van der Waals surface area contributed by atoms with Crippen LogP contribution in [0.25, 0.3) is 0 Å². The van der Waals surface area contributed by atoms with Gasteiger partial charge in [0.15, 0.2) is 0 Å². The quantitative estimate of drug-likeness (QED) is 0.789. The van der Waals surface area contributed by atoms with Gasteiger partial charge in [-0.3, -0.25) is 0 Å². The number of anilines is 1. The van der Waals surface area contributed by atoms with E-state index in [1.165, 1.54) is 16.8 Å². The first kappa shape index (κ1) is 13.4. The summed E-state index contributed by atoms with van der Waals surface area (Å²) in [6, 6.07) is 6.91. The first-order chi connectivity index (χ1) is 8.37. The SMILES string of the molecule is Cc1cc(C(C)C)cc(N2CCOC(C)(C)C2)c1. The Bertz CT molecular complexity index is 423. The average molecular weight is 247 g/mol. The molecule has 0 saturated carbocycles. The van der Waals surface area contributed by atoms with Crippen molar-refractivity contribution < 1.29 is 4.74 Å². The van der Waals surface area contributed by atoms with Crippen molar-refractivity contribution in [2.75, 3.05) is 24.6 Å². The van der Waals surface area contributed by atoms with Crippen molar-refractivity contribution in [1.29, 1.82) is 0 Å². The highest BCUT2D eigenvalue weighted by molar-refractivity contribution is 5.52. The first-order valence-electron chi connectivity index (χ1n) is 6.88. The molecule has 0 spiro atoms. The molecule has 1 aliphatic heterocycles. The molecule has 1 aromatic rings. The zero-order chi connectivity index (χ0) is 13.3. The third-order valence-electron chi connectivity index (χ3n) is 3.54. The summed E-state index contributed by atoms with van der Waals surface area (Å²) in [6.45, 7) is 13.8. The molecule has 0 aromatic heterocycles. The largest absolute Gasteiger partial charge is 0.372 e. The predicted octanol–water partition coefficient (Wildman–Crippen LogP) is 3.73. The normalized spacial score (nSPS) is 19.3. The number of rotatable bonds is 2. The molecule has 100 valence electrons. The summed E-state index contributed by atoms with van der Waals surface area (Å²) in [6.07, 6.45) is 0. The van der Waals surface area contributed by atoms with E-state index in [0.29, 0.717) is 5.92 Å². The van der Waals surface area contributed by atoms with E-state index in [2.05, 4.69) is 57.7 Å². The van der Waals surface area contributed by atoms with Crippen LogP contribution in [0.15, 0.2) is 18.2 Å². The Balaban J connectivity index is 2.27. The number of hydrogen-bond donors (Lipinski definition) is 0. The highest BCUT2D eigenvalue weighted by Crippen LogP contribution is 2.27. The third kappa shape index (κ3) is 3.05. The van der Waals surface area contributed by atoms with Crippen molar-refractivity contribution in [3.63, 3.8) is 0 Å². The lowest BCUT2D eigenvalue weighted by molar-refractivity contribution is -0.0276. The van der Waals surface area contributed by atoms with Gasteiger partial charge in [0.2, 0.25) is 0 Å². The summed E-state index contributed by atoms with van der Waals surface area (Å²) in [5.74, 6) is 0.581. The van der Waals surface area contributed by atoms with Gasteiger partial charge in [0.1, 0.15) is 0 Å². The minimum atomic E-state index is -0.0417. The van der Waals surface area contributed by atoms with Crippen molar-refractivity contribution in [2.24, 2.45) is 0 Å². The van der Waals surface area contributed by atoms with Crippen LogP contribution in [0.3, 0.4) is 0 Å². The highest BCUT2D eigenvalue weighted by Gasteiger charge is 2.27. The molecule has 0 atom stereocenters. The van der Waals surface area contributed by atoms with Gasteiger partial charge in [0.25, 0.3) is 0 Å². The van der Waals surface area contributed by atoms with E-state index < -0.39 is 0 Å². The van der Waals surface area contributed by atoms with E-state index in [0.717, 1.165) is 19.7 Å². The maximum Gasteiger partial charge on any atom is 0.0801 e. The molecule has 0 unspecified atom stereocenters. The fourth-order valence-corrected chi connectivity index (χ4v) is 2.54. The zero-order valence-electron chi connectivity index (χ0n) is 12.3. The number of benzene rings is 1. The van der Waals surface area contributed by atoms with Crippen LogP contribution >= 0.6 is 0 Å². The molecule has 18 heavy (non-hydrogen) atoms. The number of morpholine rings is 1. The minimum Gasteiger partial charge on any atom is -0.372 e. The molecule has 0 aliphatic carbocycles. The standard InChI is InChI=1S/C16H25NO/c1-12(2)14-8-13(3)9-15(10-14)17-6-7-18-16(4,5)11-17/h8-10,12H,6-7,11H2,1-5H3. The highest BCUT2D eigenvalue weighted by atomic mass is 16.5. The summed E-state index contributed by atoms with van der Waals surface area (Å²) in [5.41, 5.74) is 4.07. The maximum atomic E-state index is 5.78. The van der Waals surface area contributed by atoms with Gasteiger partial charge in [0.05, 0.1) is 12.2 Å². The summed E-state index contributed by atoms with van der Waals surface area (Å²) in [7, 11) is 0. The van der Waals surface area contributed by atoms with Gasteiger partial charge in [-0.05, 0) is 49.9 Å². The van der Waals surface area contributed by atoms with Gasteiger partial charge < -0.3 is 9.64 Å². The number of nitrogens with zero attached hydrogens (tertiary/aromatic N) is 1. The molecule has 0 N–H and O–H groups in total.